The number of likely N-dealkylation sites (N-methyl/N-ethyl adjacent to an activating group) is 1. The summed E-state index contributed by atoms with van der Waals surface area (Å²) in [5, 5.41) is 0. The molecule has 0 N–H and O–H groups in total. The predicted octanol–water partition coefficient (Wildman–Crippen LogP) is 2.15. The SMILES string of the molecule is CCN1CCN(C(=O)c2cc(C)oc2C)C[C@@H]1c1nccn1C. The molecule has 0 unspecified atom stereocenters. The fourth-order valence-corrected chi connectivity index (χ4v) is 3.34. The minimum atomic E-state index is 0.0503. The van der Waals surface area contributed by atoms with Gasteiger partial charge in [0.1, 0.15) is 17.3 Å². The van der Waals surface area contributed by atoms with E-state index in [1.165, 1.54) is 0 Å². The smallest absolute Gasteiger partial charge is 0.257 e. The summed E-state index contributed by atoms with van der Waals surface area (Å²) in [7, 11) is 2.00. The van der Waals surface area contributed by atoms with Crippen molar-refractivity contribution in [1.29, 1.82) is 0 Å². The average molecular weight is 316 g/mol. The van der Waals surface area contributed by atoms with E-state index in [-0.39, 0.29) is 11.9 Å². The second-order valence-corrected chi connectivity index (χ2v) is 6.12. The Morgan fingerprint density at radius 3 is 2.74 bits per heavy atom. The summed E-state index contributed by atoms with van der Waals surface area (Å²) in [5.74, 6) is 2.52. The van der Waals surface area contributed by atoms with Crippen LogP contribution >= 0.6 is 0 Å². The molecular weight excluding hydrogens is 292 g/mol. The Hall–Kier alpha value is -2.08. The van der Waals surface area contributed by atoms with E-state index in [1.807, 2.05) is 48.8 Å². The normalized spacial score (nSPS) is 19.3. The predicted molar refractivity (Wildman–Crippen MR) is 87.3 cm³/mol. The van der Waals surface area contributed by atoms with E-state index in [0.717, 1.165) is 31.2 Å². The van der Waals surface area contributed by atoms with Crippen LogP contribution in [0.2, 0.25) is 0 Å². The maximum Gasteiger partial charge on any atom is 0.257 e. The molecule has 2 aromatic heterocycles. The Balaban J connectivity index is 1.84. The third-order valence-electron chi connectivity index (χ3n) is 4.61. The van der Waals surface area contributed by atoms with E-state index in [9.17, 15) is 4.79 Å². The molecule has 1 amide bonds. The van der Waals surface area contributed by atoms with E-state index in [0.29, 0.717) is 17.9 Å². The number of furan rings is 1. The molecule has 0 aromatic carbocycles. The van der Waals surface area contributed by atoms with Gasteiger partial charge in [-0.3, -0.25) is 9.69 Å². The van der Waals surface area contributed by atoms with Crippen molar-refractivity contribution in [1.82, 2.24) is 19.4 Å². The van der Waals surface area contributed by atoms with Gasteiger partial charge in [-0.1, -0.05) is 6.92 Å². The summed E-state index contributed by atoms with van der Waals surface area (Å²) >= 11 is 0. The van der Waals surface area contributed by atoms with E-state index in [4.69, 9.17) is 4.42 Å². The minimum Gasteiger partial charge on any atom is -0.466 e. The highest BCUT2D eigenvalue weighted by atomic mass is 16.3. The van der Waals surface area contributed by atoms with Crippen LogP contribution in [0.25, 0.3) is 0 Å². The van der Waals surface area contributed by atoms with Crippen molar-refractivity contribution >= 4 is 5.91 Å². The van der Waals surface area contributed by atoms with Gasteiger partial charge in [-0.15, -0.1) is 0 Å². The van der Waals surface area contributed by atoms with Gasteiger partial charge in [0.2, 0.25) is 0 Å². The second-order valence-electron chi connectivity index (χ2n) is 6.12. The number of imidazole rings is 1. The number of nitrogens with zero attached hydrogens (tertiary/aromatic N) is 4. The van der Waals surface area contributed by atoms with E-state index in [2.05, 4.69) is 16.8 Å². The summed E-state index contributed by atoms with van der Waals surface area (Å²) in [6.45, 7) is 9.06. The largest absolute Gasteiger partial charge is 0.466 e. The molecule has 0 saturated carbocycles. The molecule has 0 radical (unpaired) electrons. The topological polar surface area (TPSA) is 54.5 Å². The van der Waals surface area contributed by atoms with Crippen LogP contribution in [-0.4, -0.2) is 51.4 Å². The highest BCUT2D eigenvalue weighted by Gasteiger charge is 2.33. The molecule has 0 aliphatic carbocycles. The first-order chi connectivity index (χ1) is 11.0. The van der Waals surface area contributed by atoms with Gasteiger partial charge in [0.05, 0.1) is 11.6 Å². The highest BCUT2D eigenvalue weighted by molar-refractivity contribution is 5.95. The summed E-state index contributed by atoms with van der Waals surface area (Å²) in [4.78, 5) is 21.6. The van der Waals surface area contributed by atoms with Crippen LogP contribution in [0, 0.1) is 13.8 Å². The third kappa shape index (κ3) is 2.91. The first kappa shape index (κ1) is 15.8. The number of piperazine rings is 1. The van der Waals surface area contributed by atoms with Crippen molar-refractivity contribution < 1.29 is 9.21 Å². The molecule has 6 heteroatoms. The molecule has 1 atom stereocenters. The van der Waals surface area contributed by atoms with E-state index >= 15 is 0 Å². The molecule has 1 fully saturated rings. The van der Waals surface area contributed by atoms with E-state index < -0.39 is 0 Å². The lowest BCUT2D eigenvalue weighted by molar-refractivity contribution is 0.0471. The molecule has 0 spiro atoms. The number of aromatic nitrogens is 2. The van der Waals surface area contributed by atoms with Crippen molar-refractivity contribution in [3.05, 3.63) is 41.4 Å². The number of carbonyl (C=O) groups is 1. The zero-order chi connectivity index (χ0) is 16.6. The first-order valence-corrected chi connectivity index (χ1v) is 8.08. The number of amides is 1. The van der Waals surface area contributed by atoms with Gasteiger partial charge < -0.3 is 13.9 Å². The molecule has 6 nitrogen and oxygen atoms in total. The number of aryl methyl sites for hydroxylation is 3. The molecule has 1 saturated heterocycles. The third-order valence-corrected chi connectivity index (χ3v) is 4.61. The van der Waals surface area contributed by atoms with Crippen LogP contribution in [0.3, 0.4) is 0 Å². The van der Waals surface area contributed by atoms with Gasteiger partial charge in [0.15, 0.2) is 0 Å². The van der Waals surface area contributed by atoms with Crippen molar-refractivity contribution in [2.75, 3.05) is 26.2 Å². The molecule has 1 aliphatic heterocycles. The van der Waals surface area contributed by atoms with Crippen molar-refractivity contribution in [3.63, 3.8) is 0 Å². The first-order valence-electron chi connectivity index (χ1n) is 8.08. The van der Waals surface area contributed by atoms with Gasteiger partial charge in [-0.2, -0.15) is 0 Å². The zero-order valence-corrected chi connectivity index (χ0v) is 14.2. The van der Waals surface area contributed by atoms with Crippen LogP contribution in [0.1, 0.15) is 40.7 Å². The summed E-state index contributed by atoms with van der Waals surface area (Å²) in [6.07, 6.45) is 3.76. The summed E-state index contributed by atoms with van der Waals surface area (Å²) in [5.41, 5.74) is 0.672. The van der Waals surface area contributed by atoms with Gasteiger partial charge in [0, 0.05) is 39.1 Å². The van der Waals surface area contributed by atoms with Crippen LogP contribution < -0.4 is 0 Å². The molecule has 124 valence electrons. The molecular formula is C17H24N4O2. The zero-order valence-electron chi connectivity index (χ0n) is 14.2. The Kier molecular flexibility index (Phi) is 4.26. The van der Waals surface area contributed by atoms with Crippen LogP contribution in [0.4, 0.5) is 0 Å². The monoisotopic (exact) mass is 316 g/mol. The number of hydrogen-bond donors (Lipinski definition) is 0. The van der Waals surface area contributed by atoms with Gasteiger partial charge in [-0.25, -0.2) is 4.98 Å². The Morgan fingerprint density at radius 1 is 1.39 bits per heavy atom. The van der Waals surface area contributed by atoms with Gasteiger partial charge >= 0.3 is 0 Å². The molecule has 3 heterocycles. The lowest BCUT2D eigenvalue weighted by Crippen LogP contribution is -2.51. The maximum atomic E-state index is 12.8. The second kappa shape index (κ2) is 6.20. The molecule has 0 bridgehead atoms. The van der Waals surface area contributed by atoms with Gasteiger partial charge in [0.25, 0.3) is 5.91 Å². The summed E-state index contributed by atoms with van der Waals surface area (Å²) in [6, 6.07) is 1.96. The highest BCUT2D eigenvalue weighted by Crippen LogP contribution is 2.26. The Morgan fingerprint density at radius 2 is 2.17 bits per heavy atom. The quantitative estimate of drug-likeness (QED) is 0.870. The molecule has 1 aliphatic rings. The standard InChI is InChI=1S/C17H24N4O2/c1-5-20-8-9-21(11-15(20)16-18-6-7-19(16)4)17(22)14-10-12(2)23-13(14)3/h6-7,10,15H,5,8-9,11H2,1-4H3/t15-/m1/s1. The van der Waals surface area contributed by atoms with Crippen LogP contribution in [0.15, 0.2) is 22.9 Å². The number of hydrogen-bond acceptors (Lipinski definition) is 4. The molecule has 3 rings (SSSR count). The Labute approximate surface area is 136 Å². The minimum absolute atomic E-state index is 0.0503. The van der Waals surface area contributed by atoms with Crippen LogP contribution in [0.5, 0.6) is 0 Å². The average Bonchev–Trinajstić information content (AvgIpc) is 3.11. The van der Waals surface area contributed by atoms with Crippen molar-refractivity contribution in [3.8, 4) is 0 Å². The van der Waals surface area contributed by atoms with E-state index in [1.54, 1.807) is 0 Å². The maximum absolute atomic E-state index is 12.8. The fraction of sp³-hybridized carbons (Fsp3) is 0.529. The fourth-order valence-electron chi connectivity index (χ4n) is 3.34. The summed E-state index contributed by atoms with van der Waals surface area (Å²) < 4.78 is 7.55. The lowest BCUT2D eigenvalue weighted by Gasteiger charge is -2.40. The van der Waals surface area contributed by atoms with Crippen molar-refractivity contribution in [2.24, 2.45) is 7.05 Å². The van der Waals surface area contributed by atoms with Crippen LogP contribution in [-0.2, 0) is 7.05 Å². The number of rotatable bonds is 3. The number of carbonyl (C=O) groups excluding carboxylic acids is 1. The van der Waals surface area contributed by atoms with Gasteiger partial charge in [-0.05, 0) is 26.5 Å². The molecule has 2 aromatic rings. The lowest BCUT2D eigenvalue weighted by atomic mass is 10.1. The Bertz CT molecular complexity index is 703. The van der Waals surface area contributed by atoms with Crippen molar-refractivity contribution in [2.45, 2.75) is 26.8 Å². The molecule has 23 heavy (non-hydrogen) atoms.